The molecule has 0 aromatic heterocycles. The molecule has 8 nitrogen and oxygen atoms in total. The lowest BCUT2D eigenvalue weighted by atomic mass is 10.1. The van der Waals surface area contributed by atoms with Gasteiger partial charge in [-0.15, -0.1) is 23.2 Å². The molecule has 12 heteroatoms. The number of nitrogens with one attached hydrogen (secondary N) is 1. The maximum atomic E-state index is 12.2. The zero-order valence-electron chi connectivity index (χ0n) is 16.1. The fourth-order valence-electron chi connectivity index (χ4n) is 2.93. The molecule has 2 aliphatic heterocycles. The van der Waals surface area contributed by atoms with Gasteiger partial charge in [-0.25, -0.2) is 14.6 Å². The molecule has 0 aromatic rings. The maximum Gasteiger partial charge on any atom is 0.343 e. The Kier molecular flexibility index (Phi) is 12.4. The summed E-state index contributed by atoms with van der Waals surface area (Å²) in [5.74, 6) is 0.116. The highest BCUT2D eigenvalue weighted by Crippen LogP contribution is 2.48. The second-order valence-corrected chi connectivity index (χ2v) is 9.86. The summed E-state index contributed by atoms with van der Waals surface area (Å²) < 4.78 is 19.2. The van der Waals surface area contributed by atoms with E-state index in [1.165, 1.54) is 4.90 Å². The van der Waals surface area contributed by atoms with Gasteiger partial charge in [-0.3, -0.25) is 9.36 Å². The molecule has 0 radical (unpaired) electrons. The normalized spacial score (nSPS) is 25.9. The van der Waals surface area contributed by atoms with E-state index >= 15 is 0 Å². The van der Waals surface area contributed by atoms with Crippen LogP contribution in [0.5, 0.6) is 0 Å². The van der Waals surface area contributed by atoms with E-state index in [0.717, 1.165) is 19.4 Å². The largest absolute Gasteiger partial charge is 0.480 e. The number of halogens is 2. The molecule has 1 amide bonds. The molecule has 0 aliphatic carbocycles. The Hall–Kier alpha value is -0.0200. The van der Waals surface area contributed by atoms with Gasteiger partial charge in [-0.1, -0.05) is 6.92 Å². The number of carbonyl (C=O) groups excluding carboxylic acids is 1. The van der Waals surface area contributed by atoms with Crippen molar-refractivity contribution in [3.8, 4) is 0 Å². The minimum atomic E-state index is -2.84. The van der Waals surface area contributed by atoms with Gasteiger partial charge in [0.05, 0.1) is 6.61 Å². The van der Waals surface area contributed by atoms with Gasteiger partial charge in [0, 0.05) is 49.6 Å². The van der Waals surface area contributed by atoms with Crippen LogP contribution in [0.4, 0.5) is 0 Å². The fourth-order valence-corrected chi connectivity index (χ4v) is 5.73. The van der Waals surface area contributed by atoms with Gasteiger partial charge in [-0.2, -0.15) is 12.6 Å². The number of thiol groups is 1. The first-order chi connectivity index (χ1) is 13.3. The second kappa shape index (κ2) is 13.3. The summed E-state index contributed by atoms with van der Waals surface area (Å²) in [6.07, 6.45) is 2.24. The lowest BCUT2D eigenvalue weighted by Gasteiger charge is -2.33. The van der Waals surface area contributed by atoms with Gasteiger partial charge in [-0.05, 0) is 19.3 Å². The van der Waals surface area contributed by atoms with Crippen molar-refractivity contribution < 1.29 is 23.8 Å². The molecule has 0 saturated carbocycles. The Labute approximate surface area is 182 Å². The van der Waals surface area contributed by atoms with Crippen molar-refractivity contribution in [1.82, 2.24) is 14.7 Å². The Balaban J connectivity index is 0.000000280. The van der Waals surface area contributed by atoms with Crippen LogP contribution >= 0.6 is 43.5 Å². The molecule has 1 unspecified atom stereocenters. The Bertz CT molecular complexity index is 544. The van der Waals surface area contributed by atoms with Gasteiger partial charge >= 0.3 is 13.6 Å². The zero-order chi connectivity index (χ0) is 21.2. The van der Waals surface area contributed by atoms with E-state index in [9.17, 15) is 14.2 Å². The Morgan fingerprint density at radius 2 is 2.00 bits per heavy atom. The van der Waals surface area contributed by atoms with E-state index in [4.69, 9.17) is 32.8 Å². The van der Waals surface area contributed by atoms with Gasteiger partial charge in [0.2, 0.25) is 5.91 Å². The van der Waals surface area contributed by atoms with Crippen LogP contribution in [0.25, 0.3) is 0 Å². The van der Waals surface area contributed by atoms with Crippen molar-refractivity contribution in [2.45, 2.75) is 32.2 Å². The van der Waals surface area contributed by atoms with E-state index in [1.54, 1.807) is 11.6 Å². The summed E-state index contributed by atoms with van der Waals surface area (Å²) in [7, 11) is -2.84. The first-order valence-corrected chi connectivity index (χ1v) is 12.6. The minimum Gasteiger partial charge on any atom is -0.480 e. The number of hydrogen-bond acceptors (Lipinski definition) is 5. The summed E-state index contributed by atoms with van der Waals surface area (Å²) in [4.78, 5) is 24.0. The average molecular weight is 478 g/mol. The van der Waals surface area contributed by atoms with Crippen LogP contribution in [0.1, 0.15) is 26.2 Å². The van der Waals surface area contributed by atoms with E-state index in [0.29, 0.717) is 50.2 Å². The predicted molar refractivity (Wildman–Crippen MR) is 115 cm³/mol. The van der Waals surface area contributed by atoms with Crippen LogP contribution in [-0.4, -0.2) is 82.9 Å². The summed E-state index contributed by atoms with van der Waals surface area (Å²) in [5.41, 5.74) is 0. The molecule has 0 spiro atoms. The first-order valence-electron chi connectivity index (χ1n) is 9.32. The van der Waals surface area contributed by atoms with Crippen molar-refractivity contribution in [2.24, 2.45) is 5.92 Å². The minimum absolute atomic E-state index is 0.0927. The van der Waals surface area contributed by atoms with Crippen LogP contribution in [0.3, 0.4) is 0 Å². The third kappa shape index (κ3) is 7.67. The molecule has 2 saturated heterocycles. The second-order valence-electron chi connectivity index (χ2n) is 6.56. The number of carbonyl (C=O) groups is 2. The molecule has 28 heavy (non-hydrogen) atoms. The highest BCUT2D eigenvalue weighted by atomic mass is 35.5. The van der Waals surface area contributed by atoms with Crippen molar-refractivity contribution in [3.63, 3.8) is 0 Å². The quantitative estimate of drug-likeness (QED) is 0.280. The van der Waals surface area contributed by atoms with Crippen molar-refractivity contribution >= 4 is 55.4 Å². The van der Waals surface area contributed by atoms with Crippen LogP contribution in [-0.2, 0) is 18.7 Å². The number of hydrogen-bond donors (Lipinski definition) is 3. The lowest BCUT2D eigenvalue weighted by molar-refractivity contribution is -0.149. The highest BCUT2D eigenvalue weighted by Gasteiger charge is 2.35. The van der Waals surface area contributed by atoms with Crippen molar-refractivity contribution in [1.29, 1.82) is 0 Å². The molecular weight excluding hydrogens is 448 g/mol. The fraction of sp³-hybridized carbons (Fsp3) is 0.875. The number of aliphatic carboxylic acids is 1. The SMILES string of the molecule is C[C@H](CS)C(=O)N1CCC[C@H]1C(=O)O.O=P1(N(CCCl)CCCl)NCCCO1. The standard InChI is InChI=1S/C9H15NO3S.C7H15Cl2N2O2P/c1-6(5-14)8(11)10-4-2-3-7(10)9(12)13;8-2-5-11(6-3-9)14(12)10-4-1-7-13-14/h6-7,14H,2-5H2,1H3,(H,12,13);1-7H2,(H,10,12)/t6-,7+;/m1./s1. The number of carboxylic acids is 1. The zero-order valence-corrected chi connectivity index (χ0v) is 19.4. The van der Waals surface area contributed by atoms with Crippen LogP contribution in [0.15, 0.2) is 0 Å². The molecule has 2 N–H and O–H groups in total. The Morgan fingerprint density at radius 3 is 2.46 bits per heavy atom. The molecule has 164 valence electrons. The molecule has 0 aromatic carbocycles. The monoisotopic (exact) mass is 477 g/mol. The highest BCUT2D eigenvalue weighted by molar-refractivity contribution is 7.80. The van der Waals surface area contributed by atoms with Crippen LogP contribution < -0.4 is 5.09 Å². The number of amides is 1. The smallest absolute Gasteiger partial charge is 0.343 e. The topological polar surface area (TPSA) is 99.2 Å². The van der Waals surface area contributed by atoms with Crippen molar-refractivity contribution in [2.75, 3.05) is 50.3 Å². The summed E-state index contributed by atoms with van der Waals surface area (Å²) in [6.45, 7) is 4.64. The van der Waals surface area contributed by atoms with Gasteiger partial charge in [0.25, 0.3) is 0 Å². The Morgan fingerprint density at radius 1 is 1.36 bits per heavy atom. The molecular formula is C16H30Cl2N3O5PS. The third-order valence-corrected chi connectivity index (χ3v) is 7.66. The lowest BCUT2D eigenvalue weighted by Crippen LogP contribution is -2.43. The van der Waals surface area contributed by atoms with E-state index in [-0.39, 0.29) is 11.8 Å². The molecule has 3 atom stereocenters. The summed E-state index contributed by atoms with van der Waals surface area (Å²) in [5, 5.41) is 11.8. The van der Waals surface area contributed by atoms with Crippen molar-refractivity contribution in [3.05, 3.63) is 0 Å². The maximum absolute atomic E-state index is 12.2. The molecule has 2 fully saturated rings. The number of nitrogens with zero attached hydrogens (tertiary/aromatic N) is 2. The summed E-state index contributed by atoms with van der Waals surface area (Å²) in [6, 6.07) is -0.621. The summed E-state index contributed by atoms with van der Waals surface area (Å²) >= 11 is 15.3. The van der Waals surface area contributed by atoms with E-state index < -0.39 is 19.7 Å². The van der Waals surface area contributed by atoms with Crippen LogP contribution in [0.2, 0.25) is 0 Å². The molecule has 2 rings (SSSR count). The third-order valence-electron chi connectivity index (χ3n) is 4.47. The van der Waals surface area contributed by atoms with Gasteiger partial charge < -0.3 is 14.5 Å². The average Bonchev–Trinajstić information content (AvgIpc) is 3.18. The van der Waals surface area contributed by atoms with Gasteiger partial charge in [0.15, 0.2) is 0 Å². The molecule has 0 bridgehead atoms. The molecule has 2 heterocycles. The first kappa shape index (κ1) is 26.0. The number of rotatable bonds is 8. The predicted octanol–water partition coefficient (Wildman–Crippen LogP) is 2.51. The van der Waals surface area contributed by atoms with E-state index in [1.807, 2.05) is 0 Å². The van der Waals surface area contributed by atoms with E-state index in [2.05, 4.69) is 17.7 Å². The van der Waals surface area contributed by atoms with Crippen LogP contribution in [0, 0.1) is 5.92 Å². The number of alkyl halides is 2. The number of carboxylic acid groups (broad SMARTS) is 1. The van der Waals surface area contributed by atoms with Gasteiger partial charge in [0.1, 0.15) is 6.04 Å². The molecule has 2 aliphatic rings. The number of likely N-dealkylation sites (tertiary alicyclic amines) is 1.